The van der Waals surface area contributed by atoms with E-state index in [9.17, 15) is 4.79 Å². The number of aromatic nitrogens is 3. The molecule has 144 valence electrons. The van der Waals surface area contributed by atoms with Crippen molar-refractivity contribution in [3.63, 3.8) is 0 Å². The fraction of sp³-hybridized carbons (Fsp3) is 0.130. The number of nitrogens with one attached hydrogen (secondary N) is 1. The van der Waals surface area contributed by atoms with Gasteiger partial charge in [0.05, 0.1) is 16.1 Å². The first kappa shape index (κ1) is 19.0. The van der Waals surface area contributed by atoms with Crippen LogP contribution in [0.15, 0.2) is 60.9 Å². The average Bonchev–Trinajstić information content (AvgIpc) is 3.12. The van der Waals surface area contributed by atoms with Gasteiger partial charge in [-0.3, -0.25) is 20.1 Å². The van der Waals surface area contributed by atoms with Gasteiger partial charge in [-0.15, -0.1) is 0 Å². The number of hydrogen-bond acceptors (Lipinski definition) is 5. The Hall–Kier alpha value is -3.38. The largest absolute Gasteiger partial charge is 0.298 e. The molecule has 3 aromatic heterocycles. The van der Waals surface area contributed by atoms with Crippen LogP contribution in [-0.4, -0.2) is 20.9 Å². The van der Waals surface area contributed by atoms with Gasteiger partial charge in [0.15, 0.2) is 5.13 Å². The van der Waals surface area contributed by atoms with E-state index in [-0.39, 0.29) is 5.91 Å². The van der Waals surface area contributed by atoms with Gasteiger partial charge in [-0.05, 0) is 56.7 Å². The van der Waals surface area contributed by atoms with Gasteiger partial charge in [0.2, 0.25) is 0 Å². The van der Waals surface area contributed by atoms with E-state index in [4.69, 9.17) is 4.98 Å². The first-order valence-electron chi connectivity index (χ1n) is 9.24. The Bertz CT molecular complexity index is 1120. The molecule has 0 aliphatic heterocycles. The lowest BCUT2D eigenvalue weighted by Gasteiger charge is -2.04. The fourth-order valence-electron chi connectivity index (χ4n) is 3.02. The van der Waals surface area contributed by atoms with Crippen LogP contribution in [0.3, 0.4) is 0 Å². The molecule has 1 N–H and O–H groups in total. The van der Waals surface area contributed by atoms with E-state index >= 15 is 0 Å². The summed E-state index contributed by atoms with van der Waals surface area (Å²) in [4.78, 5) is 26.9. The third-order valence-corrected chi connectivity index (χ3v) is 5.49. The second-order valence-corrected chi connectivity index (χ2v) is 7.89. The molecule has 0 aliphatic carbocycles. The minimum atomic E-state index is -0.223. The monoisotopic (exact) mass is 400 g/mol. The second kappa shape index (κ2) is 7.93. The molecule has 4 aromatic rings. The van der Waals surface area contributed by atoms with Crippen molar-refractivity contribution in [2.24, 2.45) is 0 Å². The molecule has 0 fully saturated rings. The standard InChI is InChI=1S/C23H20N4OS/c1-14-5-4-6-17(11-14)20-21(18-9-10-24-16(3)12-18)29-23(26-20)27-22(28)19-8-7-15(2)25-13-19/h4-13H,1-3H3,(H,26,27,28). The molecule has 0 atom stereocenters. The van der Waals surface area contributed by atoms with Crippen molar-refractivity contribution >= 4 is 22.4 Å². The highest BCUT2D eigenvalue weighted by molar-refractivity contribution is 7.19. The minimum Gasteiger partial charge on any atom is -0.298 e. The average molecular weight is 401 g/mol. The summed E-state index contributed by atoms with van der Waals surface area (Å²) in [5, 5.41) is 3.47. The maximum absolute atomic E-state index is 12.6. The van der Waals surface area contributed by atoms with Crippen LogP contribution < -0.4 is 5.32 Å². The summed E-state index contributed by atoms with van der Waals surface area (Å²) in [7, 11) is 0. The lowest BCUT2D eigenvalue weighted by Crippen LogP contribution is -2.12. The fourth-order valence-corrected chi connectivity index (χ4v) is 3.99. The van der Waals surface area contributed by atoms with Crippen LogP contribution >= 0.6 is 11.3 Å². The zero-order valence-electron chi connectivity index (χ0n) is 16.4. The molecule has 0 unspecified atom stereocenters. The summed E-state index contributed by atoms with van der Waals surface area (Å²) in [5.74, 6) is -0.223. The Morgan fingerprint density at radius 1 is 0.931 bits per heavy atom. The summed E-state index contributed by atoms with van der Waals surface area (Å²) in [6.45, 7) is 5.91. The number of benzene rings is 1. The summed E-state index contributed by atoms with van der Waals surface area (Å²) in [5.41, 5.74) is 6.36. The normalized spacial score (nSPS) is 10.7. The molecular formula is C23H20N4OS. The van der Waals surface area contributed by atoms with Crippen molar-refractivity contribution < 1.29 is 4.79 Å². The predicted molar refractivity (Wildman–Crippen MR) is 117 cm³/mol. The molecule has 0 spiro atoms. The number of aryl methyl sites for hydroxylation is 3. The highest BCUT2D eigenvalue weighted by atomic mass is 32.1. The Morgan fingerprint density at radius 2 is 1.79 bits per heavy atom. The number of carbonyl (C=O) groups is 1. The number of carbonyl (C=O) groups excluding carboxylic acids is 1. The van der Waals surface area contributed by atoms with Gasteiger partial charge in [-0.2, -0.15) is 0 Å². The Morgan fingerprint density at radius 3 is 2.52 bits per heavy atom. The second-order valence-electron chi connectivity index (χ2n) is 6.89. The Balaban J connectivity index is 1.75. The molecule has 0 saturated heterocycles. The van der Waals surface area contributed by atoms with Gasteiger partial charge >= 0.3 is 0 Å². The number of nitrogens with zero attached hydrogens (tertiary/aromatic N) is 3. The number of rotatable bonds is 4. The van der Waals surface area contributed by atoms with E-state index in [2.05, 4.69) is 34.3 Å². The molecule has 4 rings (SSSR count). The van der Waals surface area contributed by atoms with Crippen LogP contribution in [0.25, 0.3) is 21.7 Å². The summed E-state index contributed by atoms with van der Waals surface area (Å²) >= 11 is 1.46. The maximum atomic E-state index is 12.6. The first-order valence-corrected chi connectivity index (χ1v) is 10.1. The van der Waals surface area contributed by atoms with E-state index in [0.29, 0.717) is 10.7 Å². The predicted octanol–water partition coefficient (Wildman–Crippen LogP) is 5.44. The van der Waals surface area contributed by atoms with Gasteiger partial charge in [0, 0.05) is 29.3 Å². The SMILES string of the molecule is Cc1cccc(-c2nc(NC(=O)c3ccc(C)nc3)sc2-c2ccnc(C)c2)c1. The van der Waals surface area contributed by atoms with Gasteiger partial charge in [0.1, 0.15) is 0 Å². The van der Waals surface area contributed by atoms with E-state index in [1.165, 1.54) is 11.3 Å². The minimum absolute atomic E-state index is 0.223. The van der Waals surface area contributed by atoms with E-state index in [0.717, 1.165) is 38.6 Å². The van der Waals surface area contributed by atoms with Crippen molar-refractivity contribution in [1.82, 2.24) is 15.0 Å². The van der Waals surface area contributed by atoms with Crippen molar-refractivity contribution in [1.29, 1.82) is 0 Å². The smallest absolute Gasteiger partial charge is 0.259 e. The number of amides is 1. The van der Waals surface area contributed by atoms with Crippen molar-refractivity contribution in [3.8, 4) is 21.7 Å². The third-order valence-electron chi connectivity index (χ3n) is 4.47. The van der Waals surface area contributed by atoms with Crippen LogP contribution in [0.5, 0.6) is 0 Å². The molecule has 0 bridgehead atoms. The number of pyridine rings is 2. The quantitative estimate of drug-likeness (QED) is 0.495. The summed E-state index contributed by atoms with van der Waals surface area (Å²) in [6.07, 6.45) is 3.37. The van der Waals surface area contributed by atoms with Crippen LogP contribution in [0, 0.1) is 20.8 Å². The lowest BCUT2D eigenvalue weighted by molar-refractivity contribution is 0.102. The third kappa shape index (κ3) is 4.22. The van der Waals surface area contributed by atoms with Gasteiger partial charge in [-0.25, -0.2) is 4.98 Å². The van der Waals surface area contributed by atoms with Crippen LogP contribution in [0.1, 0.15) is 27.3 Å². The number of anilines is 1. The maximum Gasteiger partial charge on any atom is 0.259 e. The lowest BCUT2D eigenvalue weighted by atomic mass is 10.1. The van der Waals surface area contributed by atoms with Crippen molar-refractivity contribution in [2.75, 3.05) is 5.32 Å². The molecule has 0 radical (unpaired) electrons. The molecule has 1 amide bonds. The molecule has 1 aromatic carbocycles. The zero-order valence-corrected chi connectivity index (χ0v) is 17.2. The molecular weight excluding hydrogens is 380 g/mol. The molecule has 0 saturated carbocycles. The molecule has 5 nitrogen and oxygen atoms in total. The molecule has 0 aliphatic rings. The Kier molecular flexibility index (Phi) is 5.18. The van der Waals surface area contributed by atoms with E-state index in [1.807, 2.05) is 44.2 Å². The molecule has 6 heteroatoms. The van der Waals surface area contributed by atoms with Crippen LogP contribution in [0.4, 0.5) is 5.13 Å². The van der Waals surface area contributed by atoms with Gasteiger partial charge < -0.3 is 0 Å². The van der Waals surface area contributed by atoms with Crippen LogP contribution in [0.2, 0.25) is 0 Å². The van der Waals surface area contributed by atoms with E-state index in [1.54, 1.807) is 18.5 Å². The highest BCUT2D eigenvalue weighted by Gasteiger charge is 2.17. The van der Waals surface area contributed by atoms with Crippen molar-refractivity contribution in [2.45, 2.75) is 20.8 Å². The molecule has 3 heterocycles. The number of thiazole rings is 1. The van der Waals surface area contributed by atoms with Gasteiger partial charge in [-0.1, -0.05) is 35.1 Å². The topological polar surface area (TPSA) is 67.8 Å². The van der Waals surface area contributed by atoms with E-state index < -0.39 is 0 Å². The molecule has 29 heavy (non-hydrogen) atoms. The highest BCUT2D eigenvalue weighted by Crippen LogP contribution is 2.39. The first-order chi connectivity index (χ1) is 14.0. The zero-order chi connectivity index (χ0) is 20.4. The summed E-state index contributed by atoms with van der Waals surface area (Å²) in [6, 6.07) is 15.8. The Labute approximate surface area is 173 Å². The van der Waals surface area contributed by atoms with Crippen molar-refractivity contribution in [3.05, 3.63) is 83.4 Å². The summed E-state index contributed by atoms with van der Waals surface area (Å²) < 4.78 is 0. The van der Waals surface area contributed by atoms with Crippen LogP contribution in [-0.2, 0) is 0 Å². The number of hydrogen-bond donors (Lipinski definition) is 1. The van der Waals surface area contributed by atoms with Gasteiger partial charge in [0.25, 0.3) is 5.91 Å².